The molecule has 1 atom stereocenters. The van der Waals surface area contributed by atoms with Crippen LogP contribution in [0.3, 0.4) is 0 Å². The highest BCUT2D eigenvalue weighted by molar-refractivity contribution is 5.66. The first-order chi connectivity index (χ1) is 6.61. The summed E-state index contributed by atoms with van der Waals surface area (Å²) in [7, 11) is 0. The lowest BCUT2D eigenvalue weighted by atomic mass is 10.1. The zero-order valence-electron chi connectivity index (χ0n) is 9.38. The van der Waals surface area contributed by atoms with Gasteiger partial charge in [-0.25, -0.2) is 0 Å². The summed E-state index contributed by atoms with van der Waals surface area (Å²) in [5, 5.41) is 0. The van der Waals surface area contributed by atoms with Crippen molar-refractivity contribution < 1.29 is 9.53 Å². The molecule has 0 aliphatic carbocycles. The van der Waals surface area contributed by atoms with Crippen molar-refractivity contribution in [3.8, 4) is 0 Å². The van der Waals surface area contributed by atoms with Gasteiger partial charge in [0.25, 0.3) is 0 Å². The van der Waals surface area contributed by atoms with E-state index in [1.54, 1.807) is 0 Å². The first-order valence-corrected chi connectivity index (χ1v) is 5.02. The second-order valence-corrected chi connectivity index (χ2v) is 3.35. The van der Waals surface area contributed by atoms with Gasteiger partial charge in [-0.15, -0.1) is 6.58 Å². The highest BCUT2D eigenvalue weighted by atomic mass is 16.5. The topological polar surface area (TPSA) is 26.3 Å². The molecule has 0 aromatic rings. The van der Waals surface area contributed by atoms with E-state index in [9.17, 15) is 4.79 Å². The summed E-state index contributed by atoms with van der Waals surface area (Å²) < 4.78 is 5.21. The molecule has 2 heteroatoms. The van der Waals surface area contributed by atoms with Gasteiger partial charge in [-0.2, -0.15) is 0 Å². The Kier molecular flexibility index (Phi) is 6.81. The Morgan fingerprint density at radius 3 is 2.57 bits per heavy atom. The fraction of sp³-hybridized carbons (Fsp3) is 0.583. The average molecular weight is 196 g/mol. The number of carbonyl (C=O) groups is 1. The van der Waals surface area contributed by atoms with Gasteiger partial charge in [-0.05, 0) is 38.7 Å². The zero-order valence-corrected chi connectivity index (χ0v) is 9.38. The van der Waals surface area contributed by atoms with Gasteiger partial charge in [-0.1, -0.05) is 12.2 Å². The molecule has 0 spiro atoms. The van der Waals surface area contributed by atoms with Crippen molar-refractivity contribution in [2.24, 2.45) is 0 Å². The molecule has 0 aliphatic rings. The molecule has 0 saturated carbocycles. The molecule has 0 aliphatic heterocycles. The van der Waals surface area contributed by atoms with Gasteiger partial charge in [0.1, 0.15) is 6.10 Å². The first-order valence-electron chi connectivity index (χ1n) is 5.02. The van der Waals surface area contributed by atoms with Crippen LogP contribution in [0, 0.1) is 0 Å². The van der Waals surface area contributed by atoms with Crippen LogP contribution in [0.25, 0.3) is 0 Å². The fourth-order valence-electron chi connectivity index (χ4n) is 1.21. The minimum absolute atomic E-state index is 0.0579. The average Bonchev–Trinajstić information content (AvgIpc) is 2.15. The predicted octanol–water partition coefficient (Wildman–Crippen LogP) is 3.24. The maximum absolute atomic E-state index is 10.8. The van der Waals surface area contributed by atoms with Crippen molar-refractivity contribution in [1.82, 2.24) is 0 Å². The summed E-state index contributed by atoms with van der Waals surface area (Å²) in [6, 6.07) is 0. The van der Waals surface area contributed by atoms with Crippen molar-refractivity contribution in [3.63, 3.8) is 0 Å². The van der Waals surface area contributed by atoms with Crippen molar-refractivity contribution in [2.45, 2.75) is 46.1 Å². The lowest BCUT2D eigenvalue weighted by Gasteiger charge is -2.17. The number of allylic oxidation sites excluding steroid dienone is 2. The molecule has 0 rings (SSSR count). The van der Waals surface area contributed by atoms with E-state index >= 15 is 0 Å². The van der Waals surface area contributed by atoms with E-state index in [2.05, 4.69) is 6.58 Å². The van der Waals surface area contributed by atoms with Crippen LogP contribution in [-0.4, -0.2) is 12.1 Å². The maximum atomic E-state index is 10.8. The number of carbonyl (C=O) groups excluding carboxylic acids is 1. The SMILES string of the molecule is C=CCCCC(OC(C)=O)/C(C)=C/C. The molecular weight excluding hydrogens is 176 g/mol. The number of ether oxygens (including phenoxy) is 1. The fourth-order valence-corrected chi connectivity index (χ4v) is 1.21. The van der Waals surface area contributed by atoms with E-state index in [0.717, 1.165) is 24.8 Å². The van der Waals surface area contributed by atoms with Gasteiger partial charge < -0.3 is 4.74 Å². The minimum atomic E-state index is -0.213. The Labute approximate surface area is 86.6 Å². The van der Waals surface area contributed by atoms with Gasteiger partial charge in [0.15, 0.2) is 0 Å². The Hall–Kier alpha value is -1.05. The molecular formula is C12H20O2. The molecule has 0 N–H and O–H groups in total. The van der Waals surface area contributed by atoms with Crippen LogP contribution in [0.2, 0.25) is 0 Å². The van der Waals surface area contributed by atoms with Gasteiger partial charge in [0, 0.05) is 6.92 Å². The summed E-state index contributed by atoms with van der Waals surface area (Å²) in [6.45, 7) is 9.05. The maximum Gasteiger partial charge on any atom is 0.303 e. The van der Waals surface area contributed by atoms with E-state index in [-0.39, 0.29) is 12.1 Å². The van der Waals surface area contributed by atoms with E-state index < -0.39 is 0 Å². The van der Waals surface area contributed by atoms with Gasteiger partial charge in [0.2, 0.25) is 0 Å². The molecule has 80 valence electrons. The van der Waals surface area contributed by atoms with Crippen molar-refractivity contribution in [1.29, 1.82) is 0 Å². The first kappa shape index (κ1) is 12.9. The Morgan fingerprint density at radius 2 is 2.14 bits per heavy atom. The van der Waals surface area contributed by atoms with Crippen LogP contribution < -0.4 is 0 Å². The molecule has 0 radical (unpaired) electrons. The Balaban J connectivity index is 4.10. The molecule has 0 saturated heterocycles. The second kappa shape index (κ2) is 7.36. The highest BCUT2D eigenvalue weighted by Gasteiger charge is 2.12. The van der Waals surface area contributed by atoms with E-state index in [4.69, 9.17) is 4.74 Å². The largest absolute Gasteiger partial charge is 0.458 e. The van der Waals surface area contributed by atoms with Crippen molar-refractivity contribution in [3.05, 3.63) is 24.3 Å². The number of hydrogen-bond acceptors (Lipinski definition) is 2. The molecule has 0 aromatic carbocycles. The van der Waals surface area contributed by atoms with Crippen molar-refractivity contribution >= 4 is 5.97 Å². The minimum Gasteiger partial charge on any atom is -0.458 e. The van der Waals surface area contributed by atoms with Crippen molar-refractivity contribution in [2.75, 3.05) is 0 Å². The summed E-state index contributed by atoms with van der Waals surface area (Å²) in [6.07, 6.45) is 6.66. The summed E-state index contributed by atoms with van der Waals surface area (Å²) >= 11 is 0. The normalized spacial score (nSPS) is 13.5. The quantitative estimate of drug-likeness (QED) is 0.370. The van der Waals surface area contributed by atoms with E-state index in [1.807, 2.05) is 26.0 Å². The van der Waals surface area contributed by atoms with E-state index in [0.29, 0.717) is 0 Å². The molecule has 0 aromatic heterocycles. The van der Waals surface area contributed by atoms with Crippen LogP contribution in [0.4, 0.5) is 0 Å². The molecule has 0 amide bonds. The molecule has 14 heavy (non-hydrogen) atoms. The smallest absolute Gasteiger partial charge is 0.303 e. The predicted molar refractivity (Wildman–Crippen MR) is 59.0 cm³/mol. The Bertz CT molecular complexity index is 216. The highest BCUT2D eigenvalue weighted by Crippen LogP contribution is 2.14. The zero-order chi connectivity index (χ0) is 11.0. The van der Waals surface area contributed by atoms with Gasteiger partial charge in [-0.3, -0.25) is 4.79 Å². The van der Waals surface area contributed by atoms with Crippen LogP contribution in [0.1, 0.15) is 40.0 Å². The molecule has 0 bridgehead atoms. The number of rotatable bonds is 6. The second-order valence-electron chi connectivity index (χ2n) is 3.35. The monoisotopic (exact) mass is 196 g/mol. The molecule has 1 unspecified atom stereocenters. The molecule has 0 fully saturated rings. The van der Waals surface area contributed by atoms with Crippen LogP contribution >= 0.6 is 0 Å². The summed E-state index contributed by atoms with van der Waals surface area (Å²) in [5.41, 5.74) is 1.12. The lowest BCUT2D eigenvalue weighted by Crippen LogP contribution is -2.17. The third-order valence-corrected chi connectivity index (χ3v) is 2.15. The number of hydrogen-bond donors (Lipinski definition) is 0. The third-order valence-electron chi connectivity index (χ3n) is 2.15. The van der Waals surface area contributed by atoms with Crippen LogP contribution in [0.5, 0.6) is 0 Å². The standard InChI is InChI=1S/C12H20O2/c1-5-7-8-9-12(10(3)6-2)14-11(4)13/h5-6,12H,1,7-9H2,2-4H3/b10-6+. The van der Waals surface area contributed by atoms with E-state index in [1.165, 1.54) is 6.92 Å². The Morgan fingerprint density at radius 1 is 1.50 bits per heavy atom. The van der Waals surface area contributed by atoms with Crippen LogP contribution in [-0.2, 0) is 9.53 Å². The summed E-state index contributed by atoms with van der Waals surface area (Å²) in [4.78, 5) is 10.8. The van der Waals surface area contributed by atoms with Gasteiger partial charge >= 0.3 is 5.97 Å². The number of unbranched alkanes of at least 4 members (excludes halogenated alkanes) is 1. The summed E-state index contributed by atoms with van der Waals surface area (Å²) in [5.74, 6) is -0.213. The third kappa shape index (κ3) is 5.57. The number of esters is 1. The lowest BCUT2D eigenvalue weighted by molar-refractivity contribution is -0.144. The van der Waals surface area contributed by atoms with Crippen LogP contribution in [0.15, 0.2) is 24.3 Å². The van der Waals surface area contributed by atoms with Gasteiger partial charge in [0.05, 0.1) is 0 Å². The molecule has 0 heterocycles. The molecule has 2 nitrogen and oxygen atoms in total.